The van der Waals surface area contributed by atoms with Crippen LogP contribution >= 0.6 is 0 Å². The molecule has 2 N–H and O–H groups in total. The summed E-state index contributed by atoms with van der Waals surface area (Å²) in [5.41, 5.74) is 0. The second kappa shape index (κ2) is 7.78. The molecule has 126 valence electrons. The van der Waals surface area contributed by atoms with Crippen LogP contribution in [-0.4, -0.2) is 47.7 Å². The van der Waals surface area contributed by atoms with Crippen LogP contribution in [0.15, 0.2) is 0 Å². The molecule has 3 rings (SSSR count). The van der Waals surface area contributed by atoms with E-state index in [0.717, 1.165) is 32.0 Å². The molecule has 2 atom stereocenters. The van der Waals surface area contributed by atoms with Crippen molar-refractivity contribution in [2.24, 2.45) is 11.8 Å². The summed E-state index contributed by atoms with van der Waals surface area (Å²) in [6.45, 7) is 2.93. The van der Waals surface area contributed by atoms with Crippen molar-refractivity contribution in [2.45, 2.75) is 76.3 Å². The molecule has 1 aliphatic heterocycles. The first kappa shape index (κ1) is 16.3. The molecule has 0 aromatic carbocycles. The van der Waals surface area contributed by atoms with E-state index in [1.165, 1.54) is 57.8 Å². The van der Waals surface area contributed by atoms with Crippen LogP contribution < -0.4 is 5.32 Å². The highest BCUT2D eigenvalue weighted by molar-refractivity contribution is 5.70. The van der Waals surface area contributed by atoms with Crippen LogP contribution in [0.2, 0.25) is 0 Å². The fourth-order valence-electron chi connectivity index (χ4n) is 4.80. The van der Waals surface area contributed by atoms with E-state index in [9.17, 15) is 9.90 Å². The summed E-state index contributed by atoms with van der Waals surface area (Å²) in [5.74, 6) is 0.0192. The monoisotopic (exact) mass is 308 g/mol. The zero-order valence-corrected chi connectivity index (χ0v) is 13.8. The average molecular weight is 308 g/mol. The van der Waals surface area contributed by atoms with Crippen molar-refractivity contribution in [1.82, 2.24) is 10.2 Å². The summed E-state index contributed by atoms with van der Waals surface area (Å²) in [6, 6.07) is 0.999. The van der Waals surface area contributed by atoms with Crippen molar-refractivity contribution in [3.63, 3.8) is 0 Å². The molecule has 1 saturated heterocycles. The lowest BCUT2D eigenvalue weighted by Crippen LogP contribution is -2.54. The molecule has 0 aromatic rings. The highest BCUT2D eigenvalue weighted by atomic mass is 16.4. The van der Waals surface area contributed by atoms with Crippen LogP contribution in [0.4, 0.5) is 0 Å². The van der Waals surface area contributed by atoms with Gasteiger partial charge in [0.15, 0.2) is 0 Å². The molecule has 4 nitrogen and oxygen atoms in total. The molecule has 22 heavy (non-hydrogen) atoms. The summed E-state index contributed by atoms with van der Waals surface area (Å²) in [4.78, 5) is 14.0. The van der Waals surface area contributed by atoms with E-state index in [-0.39, 0.29) is 5.92 Å². The summed E-state index contributed by atoms with van der Waals surface area (Å²) in [5, 5.41) is 13.3. The van der Waals surface area contributed by atoms with E-state index < -0.39 is 5.97 Å². The lowest BCUT2D eigenvalue weighted by molar-refractivity contribution is -0.144. The number of rotatable bonds is 5. The van der Waals surface area contributed by atoms with Gasteiger partial charge in [0.05, 0.1) is 5.92 Å². The lowest BCUT2D eigenvalue weighted by atomic mass is 9.90. The van der Waals surface area contributed by atoms with Gasteiger partial charge in [-0.2, -0.15) is 0 Å². The van der Waals surface area contributed by atoms with Crippen molar-refractivity contribution < 1.29 is 9.90 Å². The average Bonchev–Trinajstić information content (AvgIpc) is 3.01. The second-order valence-corrected chi connectivity index (χ2v) is 7.84. The van der Waals surface area contributed by atoms with E-state index in [4.69, 9.17) is 0 Å². The third-order valence-corrected chi connectivity index (χ3v) is 5.94. The fourth-order valence-corrected chi connectivity index (χ4v) is 4.80. The number of likely N-dealkylation sites (tertiary alicyclic amines) is 1. The minimum atomic E-state index is -0.605. The largest absolute Gasteiger partial charge is 0.481 e. The molecule has 4 heteroatoms. The Labute approximate surface area is 134 Å². The number of carboxylic acid groups (broad SMARTS) is 1. The highest BCUT2D eigenvalue weighted by Gasteiger charge is 2.33. The minimum Gasteiger partial charge on any atom is -0.481 e. The molecule has 3 aliphatic rings. The molecule has 3 fully saturated rings. The summed E-state index contributed by atoms with van der Waals surface area (Å²) in [6.07, 6.45) is 12.8. The number of carboxylic acids is 1. The van der Waals surface area contributed by atoms with Crippen molar-refractivity contribution >= 4 is 5.97 Å². The maximum atomic E-state index is 11.5. The molecule has 2 saturated carbocycles. The Bertz CT molecular complexity index is 362. The van der Waals surface area contributed by atoms with Gasteiger partial charge in [0.2, 0.25) is 0 Å². The van der Waals surface area contributed by atoms with E-state index in [0.29, 0.717) is 12.1 Å². The lowest BCUT2D eigenvalue weighted by Gasteiger charge is -2.40. The Kier molecular flexibility index (Phi) is 5.75. The number of piperidine rings is 1. The van der Waals surface area contributed by atoms with Crippen molar-refractivity contribution in [3.8, 4) is 0 Å². The highest BCUT2D eigenvalue weighted by Crippen LogP contribution is 2.28. The normalized spacial score (nSPS) is 32.4. The van der Waals surface area contributed by atoms with Gasteiger partial charge in [0.1, 0.15) is 0 Å². The third kappa shape index (κ3) is 4.45. The van der Waals surface area contributed by atoms with Crippen molar-refractivity contribution in [1.29, 1.82) is 0 Å². The first-order chi connectivity index (χ1) is 10.7. The molecular formula is C18H32N2O2. The maximum absolute atomic E-state index is 11.5. The number of aliphatic carboxylic acids is 1. The first-order valence-corrected chi connectivity index (χ1v) is 9.42. The van der Waals surface area contributed by atoms with Crippen LogP contribution in [-0.2, 0) is 4.79 Å². The zero-order valence-electron chi connectivity index (χ0n) is 13.8. The van der Waals surface area contributed by atoms with Gasteiger partial charge < -0.3 is 15.3 Å². The van der Waals surface area contributed by atoms with E-state index in [1.54, 1.807) is 0 Å². The Morgan fingerprint density at radius 2 is 1.64 bits per heavy atom. The standard InChI is InChI=1S/C18H32N2O2/c21-18(22)15-10-17(19-16-8-2-1-3-9-16)13-20(12-15)11-14-6-4-5-7-14/h14-17,19H,1-13H2,(H,21,22). The summed E-state index contributed by atoms with van der Waals surface area (Å²) >= 11 is 0. The Hall–Kier alpha value is -0.610. The Morgan fingerprint density at radius 1 is 0.955 bits per heavy atom. The number of carbonyl (C=O) groups is 1. The summed E-state index contributed by atoms with van der Waals surface area (Å²) < 4.78 is 0. The van der Waals surface area contributed by atoms with Gasteiger partial charge in [0, 0.05) is 31.7 Å². The molecular weight excluding hydrogens is 276 g/mol. The summed E-state index contributed by atoms with van der Waals surface area (Å²) in [7, 11) is 0. The number of hydrogen-bond acceptors (Lipinski definition) is 3. The fraction of sp³-hybridized carbons (Fsp3) is 0.944. The molecule has 2 aliphatic carbocycles. The number of nitrogens with one attached hydrogen (secondary N) is 1. The molecule has 1 heterocycles. The van der Waals surface area contributed by atoms with Gasteiger partial charge in [-0.3, -0.25) is 4.79 Å². The third-order valence-electron chi connectivity index (χ3n) is 5.94. The molecule has 0 amide bonds. The van der Waals surface area contributed by atoms with Gasteiger partial charge in [0.25, 0.3) is 0 Å². The van der Waals surface area contributed by atoms with Crippen LogP contribution in [0.25, 0.3) is 0 Å². The Morgan fingerprint density at radius 3 is 2.32 bits per heavy atom. The van der Waals surface area contributed by atoms with Gasteiger partial charge in [-0.25, -0.2) is 0 Å². The molecule has 0 aromatic heterocycles. The molecule has 2 unspecified atom stereocenters. The smallest absolute Gasteiger partial charge is 0.307 e. The molecule has 0 bridgehead atoms. The quantitative estimate of drug-likeness (QED) is 0.820. The minimum absolute atomic E-state index is 0.184. The van der Waals surface area contributed by atoms with E-state index in [1.807, 2.05) is 0 Å². The van der Waals surface area contributed by atoms with Gasteiger partial charge in [-0.15, -0.1) is 0 Å². The van der Waals surface area contributed by atoms with Crippen molar-refractivity contribution in [3.05, 3.63) is 0 Å². The maximum Gasteiger partial charge on any atom is 0.307 e. The van der Waals surface area contributed by atoms with Crippen LogP contribution in [0.3, 0.4) is 0 Å². The number of nitrogens with zero attached hydrogens (tertiary/aromatic N) is 1. The Balaban J connectivity index is 1.55. The van der Waals surface area contributed by atoms with E-state index >= 15 is 0 Å². The van der Waals surface area contributed by atoms with Gasteiger partial charge in [-0.05, 0) is 38.0 Å². The predicted molar refractivity (Wildman–Crippen MR) is 87.9 cm³/mol. The van der Waals surface area contributed by atoms with Gasteiger partial charge in [-0.1, -0.05) is 32.1 Å². The molecule has 0 radical (unpaired) electrons. The van der Waals surface area contributed by atoms with Crippen molar-refractivity contribution in [2.75, 3.05) is 19.6 Å². The van der Waals surface area contributed by atoms with Crippen LogP contribution in [0.1, 0.15) is 64.2 Å². The van der Waals surface area contributed by atoms with Crippen LogP contribution in [0.5, 0.6) is 0 Å². The van der Waals surface area contributed by atoms with Crippen LogP contribution in [0, 0.1) is 11.8 Å². The second-order valence-electron chi connectivity index (χ2n) is 7.84. The topological polar surface area (TPSA) is 52.6 Å². The van der Waals surface area contributed by atoms with E-state index in [2.05, 4.69) is 10.2 Å². The SMILES string of the molecule is O=C(O)C1CC(NC2CCCCC2)CN(CC2CCCC2)C1. The zero-order chi connectivity index (χ0) is 15.4. The molecule has 0 spiro atoms. The van der Waals surface area contributed by atoms with Gasteiger partial charge >= 0.3 is 5.97 Å². The first-order valence-electron chi connectivity index (χ1n) is 9.42. The predicted octanol–water partition coefficient (Wildman–Crippen LogP) is 2.87. The number of hydrogen-bond donors (Lipinski definition) is 2.